The highest BCUT2D eigenvalue weighted by Gasteiger charge is 2.14. The Morgan fingerprint density at radius 2 is 2.14 bits per heavy atom. The van der Waals surface area contributed by atoms with Gasteiger partial charge in [0.2, 0.25) is 0 Å². The summed E-state index contributed by atoms with van der Waals surface area (Å²) in [6, 6.07) is 3.36. The van der Waals surface area contributed by atoms with E-state index in [0.717, 1.165) is 6.07 Å². The minimum atomic E-state index is -1.22. The molecule has 0 fully saturated rings. The van der Waals surface area contributed by atoms with Gasteiger partial charge in [0.1, 0.15) is 17.5 Å². The van der Waals surface area contributed by atoms with Crippen LogP contribution in [0.15, 0.2) is 18.2 Å². The predicted molar refractivity (Wildman–Crippen MR) is 45.0 cm³/mol. The fourth-order valence-corrected chi connectivity index (χ4v) is 1.19. The van der Waals surface area contributed by atoms with E-state index in [1.807, 2.05) is 0 Å². The van der Waals surface area contributed by atoms with E-state index in [9.17, 15) is 15.0 Å². The van der Waals surface area contributed by atoms with Crippen LogP contribution in [-0.4, -0.2) is 16.2 Å². The number of hydrogen-bond acceptors (Lipinski definition) is 4. The molecule has 0 saturated carbocycles. The minimum absolute atomic E-state index is 0.0769. The summed E-state index contributed by atoms with van der Waals surface area (Å²) < 4.78 is 0. The molecule has 0 aliphatic heterocycles. The third kappa shape index (κ3) is 2.37. The molecule has 5 N–H and O–H groups in total. The molecule has 0 aromatic heterocycles. The number of aliphatic carboxylic acids is 1. The molecule has 0 radical (unpaired) electrons. The van der Waals surface area contributed by atoms with Crippen LogP contribution >= 0.6 is 0 Å². The van der Waals surface area contributed by atoms with E-state index in [1.54, 1.807) is 0 Å². The summed E-state index contributed by atoms with van der Waals surface area (Å²) in [5, 5.41) is 28.6. The summed E-state index contributed by atoms with van der Waals surface area (Å²) in [6.07, 6.45) is -0.266. The normalized spacial score (nSPS) is 12.4. The second-order valence-corrected chi connectivity index (χ2v) is 3.02. The smallest absolute Gasteiger partial charge is 0.128 e. The van der Waals surface area contributed by atoms with Crippen molar-refractivity contribution in [3.63, 3.8) is 0 Å². The van der Waals surface area contributed by atoms with Gasteiger partial charge in [0.05, 0.1) is 5.56 Å². The summed E-state index contributed by atoms with van der Waals surface area (Å²) >= 11 is 0. The summed E-state index contributed by atoms with van der Waals surface area (Å²) in [7, 11) is 0. The van der Waals surface area contributed by atoms with E-state index < -0.39 is 12.0 Å². The molecule has 0 spiro atoms. The van der Waals surface area contributed by atoms with Gasteiger partial charge in [-0.25, -0.2) is 0 Å². The zero-order valence-corrected chi connectivity index (χ0v) is 7.43. The second kappa shape index (κ2) is 3.97. The van der Waals surface area contributed by atoms with Crippen LogP contribution in [0.1, 0.15) is 18.0 Å². The lowest BCUT2D eigenvalue weighted by atomic mass is 10.0. The average Bonchev–Trinajstić information content (AvgIpc) is 2.01. The fourth-order valence-electron chi connectivity index (χ4n) is 1.19. The van der Waals surface area contributed by atoms with E-state index in [0.29, 0.717) is 5.56 Å². The number of carbonyl (C=O) groups excluding carboxylic acids is 1. The first-order valence-corrected chi connectivity index (χ1v) is 4.05. The van der Waals surface area contributed by atoms with Gasteiger partial charge in [0.25, 0.3) is 0 Å². The molecule has 0 heterocycles. The lowest BCUT2D eigenvalue weighted by Crippen LogP contribution is -2.55. The van der Waals surface area contributed by atoms with Gasteiger partial charge in [-0.2, -0.15) is 0 Å². The number of phenols is 2. The van der Waals surface area contributed by atoms with Crippen LogP contribution in [0.2, 0.25) is 0 Å². The van der Waals surface area contributed by atoms with E-state index >= 15 is 0 Å². The van der Waals surface area contributed by atoms with Crippen LogP contribution in [0.4, 0.5) is 0 Å². The first-order chi connectivity index (χ1) is 6.50. The Morgan fingerprint density at radius 3 is 2.64 bits per heavy atom. The topological polar surface area (TPSA) is 108 Å². The van der Waals surface area contributed by atoms with Crippen molar-refractivity contribution in [1.82, 2.24) is 0 Å². The molecule has 1 aromatic carbocycles. The van der Waals surface area contributed by atoms with E-state index in [1.165, 1.54) is 12.1 Å². The second-order valence-electron chi connectivity index (χ2n) is 3.02. The Kier molecular flexibility index (Phi) is 2.93. The monoisotopic (exact) mass is 197 g/mol. The zero-order valence-electron chi connectivity index (χ0n) is 7.43. The number of carboxylic acids is 1. The highest BCUT2D eigenvalue weighted by molar-refractivity contribution is 5.65. The molecule has 0 aliphatic carbocycles. The lowest BCUT2D eigenvalue weighted by Gasteiger charge is -2.11. The number of hydrogen-bond donors (Lipinski definition) is 3. The number of carboxylic acid groups (broad SMARTS) is 1. The van der Waals surface area contributed by atoms with E-state index in [2.05, 4.69) is 5.73 Å². The van der Waals surface area contributed by atoms with Crippen molar-refractivity contribution in [1.29, 1.82) is 0 Å². The number of rotatable bonds is 3. The molecule has 1 rings (SSSR count). The zero-order chi connectivity index (χ0) is 10.7. The lowest BCUT2D eigenvalue weighted by molar-refractivity contribution is -0.430. The molecule has 0 unspecified atom stereocenters. The number of aromatic hydroxyl groups is 2. The van der Waals surface area contributed by atoms with Crippen LogP contribution in [0, 0.1) is 0 Å². The molecular formula is C9H11NO4. The highest BCUT2D eigenvalue weighted by atomic mass is 16.4. The number of phenolic OH excluding ortho intramolecular Hbond substituents is 2. The van der Waals surface area contributed by atoms with Crippen molar-refractivity contribution >= 4 is 5.97 Å². The summed E-state index contributed by atoms with van der Waals surface area (Å²) in [5.41, 5.74) is 3.96. The van der Waals surface area contributed by atoms with Crippen molar-refractivity contribution < 1.29 is 25.8 Å². The quantitative estimate of drug-likeness (QED) is 0.549. The maximum atomic E-state index is 10.3. The molecule has 0 saturated heterocycles. The Hall–Kier alpha value is -1.75. The Bertz CT molecular complexity index is 351. The van der Waals surface area contributed by atoms with Gasteiger partial charge < -0.3 is 25.8 Å². The highest BCUT2D eigenvalue weighted by Crippen LogP contribution is 2.27. The maximum absolute atomic E-state index is 10.3. The number of quaternary nitrogens is 1. The Labute approximate surface area is 80.4 Å². The van der Waals surface area contributed by atoms with Gasteiger partial charge in [0, 0.05) is 18.5 Å². The Morgan fingerprint density at radius 1 is 1.50 bits per heavy atom. The SMILES string of the molecule is [NH3+][C@@H](CC(=O)[O-])c1ccc(O)cc1O. The standard InChI is InChI=1S/C9H11NO4/c10-7(4-9(13)14)6-2-1-5(11)3-8(6)12/h1-3,7,11-12H,4,10H2,(H,13,14)/t7-/m0/s1. The molecule has 5 nitrogen and oxygen atoms in total. The van der Waals surface area contributed by atoms with Gasteiger partial charge in [-0.05, 0) is 12.1 Å². The van der Waals surface area contributed by atoms with E-state index in [4.69, 9.17) is 5.11 Å². The van der Waals surface area contributed by atoms with Gasteiger partial charge >= 0.3 is 0 Å². The van der Waals surface area contributed by atoms with Crippen molar-refractivity contribution in [3.05, 3.63) is 23.8 Å². The third-order valence-electron chi connectivity index (χ3n) is 1.87. The molecule has 1 atom stereocenters. The third-order valence-corrected chi connectivity index (χ3v) is 1.87. The molecule has 5 heteroatoms. The van der Waals surface area contributed by atoms with Crippen LogP contribution in [0.3, 0.4) is 0 Å². The predicted octanol–water partition coefficient (Wildman–Crippen LogP) is -1.48. The fraction of sp³-hybridized carbons (Fsp3) is 0.222. The molecule has 0 amide bonds. The number of benzene rings is 1. The summed E-state index contributed by atoms with van der Waals surface area (Å²) in [5.74, 6) is -1.46. The molecule has 76 valence electrons. The molecular weight excluding hydrogens is 186 g/mol. The van der Waals surface area contributed by atoms with Crippen molar-refractivity contribution in [2.75, 3.05) is 0 Å². The van der Waals surface area contributed by atoms with Crippen molar-refractivity contribution in [3.8, 4) is 11.5 Å². The first-order valence-electron chi connectivity index (χ1n) is 4.05. The first kappa shape index (κ1) is 10.3. The van der Waals surface area contributed by atoms with Gasteiger partial charge in [0.15, 0.2) is 0 Å². The van der Waals surface area contributed by atoms with Gasteiger partial charge in [-0.1, -0.05) is 0 Å². The largest absolute Gasteiger partial charge is 0.550 e. The van der Waals surface area contributed by atoms with Crippen LogP contribution in [0.25, 0.3) is 0 Å². The van der Waals surface area contributed by atoms with E-state index in [-0.39, 0.29) is 17.9 Å². The average molecular weight is 197 g/mol. The van der Waals surface area contributed by atoms with Crippen molar-refractivity contribution in [2.45, 2.75) is 12.5 Å². The summed E-state index contributed by atoms with van der Waals surface area (Å²) in [4.78, 5) is 10.3. The molecule has 0 bridgehead atoms. The molecule has 0 aliphatic rings. The number of carbonyl (C=O) groups is 1. The van der Waals surface area contributed by atoms with Gasteiger partial charge in [-0.3, -0.25) is 0 Å². The van der Waals surface area contributed by atoms with Crippen LogP contribution in [-0.2, 0) is 4.79 Å². The minimum Gasteiger partial charge on any atom is -0.550 e. The van der Waals surface area contributed by atoms with Crippen LogP contribution in [0.5, 0.6) is 11.5 Å². The van der Waals surface area contributed by atoms with Crippen LogP contribution < -0.4 is 10.8 Å². The maximum Gasteiger partial charge on any atom is 0.128 e. The van der Waals surface area contributed by atoms with Gasteiger partial charge in [-0.15, -0.1) is 0 Å². The molecule has 14 heavy (non-hydrogen) atoms. The van der Waals surface area contributed by atoms with Crippen molar-refractivity contribution in [2.24, 2.45) is 0 Å². The molecule has 1 aromatic rings. The Balaban J connectivity index is 2.90. The summed E-state index contributed by atoms with van der Waals surface area (Å²) in [6.45, 7) is 0.